The summed E-state index contributed by atoms with van der Waals surface area (Å²) >= 11 is 0. The molecular weight excluding hydrogens is 448 g/mol. The van der Waals surface area contributed by atoms with Crippen LogP contribution in [0.2, 0.25) is 0 Å². The zero-order valence-electron chi connectivity index (χ0n) is 21.7. The number of hydrogen-bond donors (Lipinski definition) is 2. The molecule has 6 rings (SSSR count). The van der Waals surface area contributed by atoms with Gasteiger partial charge in [0.15, 0.2) is 5.82 Å². The lowest BCUT2D eigenvalue weighted by Crippen LogP contribution is -2.38. The van der Waals surface area contributed by atoms with E-state index >= 15 is 0 Å². The Balaban J connectivity index is 1.45. The summed E-state index contributed by atoms with van der Waals surface area (Å²) in [5, 5.41) is 7.62. The van der Waals surface area contributed by atoms with Crippen LogP contribution in [0.15, 0.2) is 53.5 Å². The number of nitrogens with zero attached hydrogens (tertiary/aromatic N) is 4. The molecule has 0 unspecified atom stereocenters. The molecule has 1 aliphatic carbocycles. The first-order valence-electron chi connectivity index (χ1n) is 12.8. The van der Waals surface area contributed by atoms with Gasteiger partial charge in [-0.25, -0.2) is 19.3 Å². The van der Waals surface area contributed by atoms with Crippen molar-refractivity contribution in [2.75, 3.05) is 11.9 Å². The largest absolute Gasteiger partial charge is 0.340 e. The summed E-state index contributed by atoms with van der Waals surface area (Å²) in [6, 6.07) is 14.8. The Hall–Kier alpha value is -3.45. The van der Waals surface area contributed by atoms with Crippen LogP contribution in [0.3, 0.4) is 0 Å². The Kier molecular flexibility index (Phi) is 5.13. The molecule has 0 radical (unpaired) electrons. The molecule has 1 aromatic carbocycles. The van der Waals surface area contributed by atoms with E-state index in [-0.39, 0.29) is 22.4 Å². The number of aromatic nitrogens is 4. The number of pyridine rings is 2. The summed E-state index contributed by atoms with van der Waals surface area (Å²) in [5.74, 6) is 1.47. The van der Waals surface area contributed by atoms with Crippen LogP contribution in [0.25, 0.3) is 16.7 Å². The fourth-order valence-corrected chi connectivity index (χ4v) is 5.26. The SMILES string of the molecule is CC(C)(C)c1cccc(-n2c3cc(Nc4ccc5c(c4)CNCC5(C)C)ncc3c(=O)n2C2CC2)n1. The summed E-state index contributed by atoms with van der Waals surface area (Å²) in [6.45, 7) is 12.8. The molecule has 0 amide bonds. The number of fused-ring (bicyclic) bond motifs is 2. The van der Waals surface area contributed by atoms with Gasteiger partial charge in [0.1, 0.15) is 5.82 Å². The van der Waals surface area contributed by atoms with Crippen molar-refractivity contribution < 1.29 is 0 Å². The predicted octanol–water partition coefficient (Wildman–Crippen LogP) is 5.34. The Morgan fingerprint density at radius 1 is 1.11 bits per heavy atom. The molecule has 0 bridgehead atoms. The number of nitrogens with one attached hydrogen (secondary N) is 2. The quantitative estimate of drug-likeness (QED) is 0.411. The fourth-order valence-electron chi connectivity index (χ4n) is 5.26. The van der Waals surface area contributed by atoms with Gasteiger partial charge in [0.05, 0.1) is 16.9 Å². The third-order valence-electron chi connectivity index (χ3n) is 7.37. The summed E-state index contributed by atoms with van der Waals surface area (Å²) in [6.07, 6.45) is 3.71. The number of rotatable bonds is 4. The maximum absolute atomic E-state index is 13.4. The molecule has 2 N–H and O–H groups in total. The van der Waals surface area contributed by atoms with Crippen LogP contribution < -0.4 is 16.2 Å². The van der Waals surface area contributed by atoms with Crippen molar-refractivity contribution in [2.24, 2.45) is 0 Å². The van der Waals surface area contributed by atoms with Crippen molar-refractivity contribution in [3.8, 4) is 5.82 Å². The van der Waals surface area contributed by atoms with Crippen molar-refractivity contribution in [3.05, 3.63) is 75.8 Å². The molecule has 4 heterocycles. The summed E-state index contributed by atoms with van der Waals surface area (Å²) in [4.78, 5) is 23.0. The van der Waals surface area contributed by atoms with Crippen molar-refractivity contribution in [1.29, 1.82) is 0 Å². The molecule has 7 heteroatoms. The monoisotopic (exact) mass is 482 g/mol. The standard InChI is InChI=1S/C29H34N6O/c1-28(2,3)24-7-6-8-26(33-24)35-23-14-25(31-16-21(23)27(36)34(35)20-10-11-20)32-19-9-12-22-18(13-19)15-30-17-29(22,4)5/h6-9,12-14,16,20,30H,10-11,15,17H2,1-5H3,(H,31,32). The van der Waals surface area contributed by atoms with Gasteiger partial charge in [-0.3, -0.25) is 4.79 Å². The third-order valence-corrected chi connectivity index (χ3v) is 7.37. The minimum atomic E-state index is -0.0895. The van der Waals surface area contributed by atoms with Crippen LogP contribution in [0.4, 0.5) is 11.5 Å². The average Bonchev–Trinajstić information content (AvgIpc) is 3.62. The lowest BCUT2D eigenvalue weighted by atomic mass is 9.79. The minimum Gasteiger partial charge on any atom is -0.340 e. The van der Waals surface area contributed by atoms with Gasteiger partial charge in [-0.2, -0.15) is 0 Å². The molecule has 1 aliphatic heterocycles. The van der Waals surface area contributed by atoms with Crippen molar-refractivity contribution in [3.63, 3.8) is 0 Å². The highest BCUT2D eigenvalue weighted by Gasteiger charge is 2.31. The molecule has 2 aliphatic rings. The topological polar surface area (TPSA) is 76.8 Å². The molecular formula is C29H34N6O. The van der Waals surface area contributed by atoms with E-state index in [4.69, 9.17) is 4.98 Å². The smallest absolute Gasteiger partial charge is 0.276 e. The molecule has 0 saturated heterocycles. The Labute approximate surface area is 211 Å². The van der Waals surface area contributed by atoms with Gasteiger partial charge in [-0.15, -0.1) is 0 Å². The van der Waals surface area contributed by atoms with Gasteiger partial charge in [-0.1, -0.05) is 46.8 Å². The summed E-state index contributed by atoms with van der Waals surface area (Å²) in [5.41, 5.74) is 5.51. The van der Waals surface area contributed by atoms with Gasteiger partial charge in [0, 0.05) is 47.6 Å². The number of hydrogen-bond acceptors (Lipinski definition) is 5. The second-order valence-corrected chi connectivity index (χ2v) is 11.9. The minimum absolute atomic E-state index is 0.00315. The van der Waals surface area contributed by atoms with Crippen LogP contribution >= 0.6 is 0 Å². The van der Waals surface area contributed by atoms with Crippen LogP contribution in [0, 0.1) is 0 Å². The Morgan fingerprint density at radius 2 is 1.92 bits per heavy atom. The van der Waals surface area contributed by atoms with Crippen LogP contribution in [0.5, 0.6) is 0 Å². The van der Waals surface area contributed by atoms with Gasteiger partial charge in [-0.05, 0) is 48.2 Å². The molecule has 186 valence electrons. The first-order valence-corrected chi connectivity index (χ1v) is 12.8. The second-order valence-electron chi connectivity index (χ2n) is 11.9. The zero-order valence-corrected chi connectivity index (χ0v) is 21.7. The van der Waals surface area contributed by atoms with E-state index in [1.165, 1.54) is 11.1 Å². The van der Waals surface area contributed by atoms with Crippen molar-refractivity contribution in [2.45, 2.75) is 70.9 Å². The highest BCUT2D eigenvalue weighted by molar-refractivity contribution is 5.82. The number of benzene rings is 1. The van der Waals surface area contributed by atoms with Crippen molar-refractivity contribution >= 4 is 22.4 Å². The van der Waals surface area contributed by atoms with Crippen LogP contribution in [-0.2, 0) is 17.4 Å². The first-order chi connectivity index (χ1) is 17.1. The number of anilines is 2. The molecule has 36 heavy (non-hydrogen) atoms. The zero-order chi connectivity index (χ0) is 25.2. The van der Waals surface area contributed by atoms with E-state index in [1.54, 1.807) is 6.20 Å². The normalized spacial score (nSPS) is 17.2. The lowest BCUT2D eigenvalue weighted by Gasteiger charge is -2.33. The third kappa shape index (κ3) is 3.91. The van der Waals surface area contributed by atoms with Crippen molar-refractivity contribution in [1.82, 2.24) is 24.6 Å². The maximum atomic E-state index is 13.4. The van der Waals surface area contributed by atoms with E-state index < -0.39 is 0 Å². The molecule has 1 fully saturated rings. The molecule has 1 saturated carbocycles. The van der Waals surface area contributed by atoms with Gasteiger partial charge in [0.25, 0.3) is 5.56 Å². The Morgan fingerprint density at radius 3 is 2.67 bits per heavy atom. The highest BCUT2D eigenvalue weighted by Crippen LogP contribution is 2.36. The second kappa shape index (κ2) is 8.03. The van der Waals surface area contributed by atoms with E-state index in [0.717, 1.165) is 48.6 Å². The molecule has 0 atom stereocenters. The van der Waals surface area contributed by atoms with Gasteiger partial charge >= 0.3 is 0 Å². The van der Waals surface area contributed by atoms with E-state index in [1.807, 2.05) is 27.6 Å². The first kappa shape index (κ1) is 23.0. The van der Waals surface area contributed by atoms with Gasteiger partial charge in [0.2, 0.25) is 0 Å². The van der Waals surface area contributed by atoms with E-state index in [0.29, 0.717) is 11.2 Å². The summed E-state index contributed by atoms with van der Waals surface area (Å²) in [7, 11) is 0. The predicted molar refractivity (Wildman–Crippen MR) is 145 cm³/mol. The van der Waals surface area contributed by atoms with Crippen LogP contribution in [0.1, 0.15) is 70.3 Å². The molecule has 0 spiro atoms. The Bertz CT molecular complexity index is 1530. The van der Waals surface area contributed by atoms with E-state index in [2.05, 4.69) is 74.5 Å². The molecule has 3 aromatic heterocycles. The highest BCUT2D eigenvalue weighted by atomic mass is 16.1. The summed E-state index contributed by atoms with van der Waals surface area (Å²) < 4.78 is 3.87. The lowest BCUT2D eigenvalue weighted by molar-refractivity contribution is 0.435. The fraction of sp³-hybridized carbons (Fsp3) is 0.414. The maximum Gasteiger partial charge on any atom is 0.276 e. The molecule has 4 aromatic rings. The average molecular weight is 483 g/mol. The van der Waals surface area contributed by atoms with E-state index in [9.17, 15) is 4.79 Å². The van der Waals surface area contributed by atoms with Crippen LogP contribution in [-0.4, -0.2) is 25.9 Å². The van der Waals surface area contributed by atoms with Gasteiger partial charge < -0.3 is 10.6 Å². The molecule has 7 nitrogen and oxygen atoms in total.